The fraction of sp³-hybridized carbons (Fsp3) is 0.733. The van der Waals surface area contributed by atoms with Gasteiger partial charge in [-0.3, -0.25) is 0 Å². The minimum Gasteiger partial charge on any atom is -0.395 e. The van der Waals surface area contributed by atoms with E-state index in [0.717, 1.165) is 31.1 Å². The molecule has 0 bridgehead atoms. The van der Waals surface area contributed by atoms with Crippen LogP contribution < -0.4 is 10.6 Å². The van der Waals surface area contributed by atoms with Crippen LogP contribution in [0.15, 0.2) is 6.07 Å². The van der Waals surface area contributed by atoms with Gasteiger partial charge in [-0.2, -0.15) is 4.98 Å². The number of hydrogen-bond acceptors (Lipinski definition) is 6. The van der Waals surface area contributed by atoms with Crippen molar-refractivity contribution in [3.8, 4) is 0 Å². The van der Waals surface area contributed by atoms with E-state index in [2.05, 4.69) is 26.7 Å². The molecule has 1 saturated heterocycles. The highest BCUT2D eigenvalue weighted by molar-refractivity contribution is 5.44. The van der Waals surface area contributed by atoms with E-state index in [-0.39, 0.29) is 6.61 Å². The van der Waals surface area contributed by atoms with Gasteiger partial charge in [-0.15, -0.1) is 0 Å². The zero-order chi connectivity index (χ0) is 14.5. The molecule has 3 N–H and O–H groups in total. The van der Waals surface area contributed by atoms with Crippen molar-refractivity contribution in [1.29, 1.82) is 0 Å². The maximum absolute atomic E-state index is 8.95. The minimum atomic E-state index is 0.0749. The fourth-order valence-corrected chi connectivity index (χ4v) is 3.04. The summed E-state index contributed by atoms with van der Waals surface area (Å²) in [5.74, 6) is 1.83. The van der Waals surface area contributed by atoms with Crippen LogP contribution in [-0.4, -0.2) is 47.5 Å². The molecule has 2 fully saturated rings. The summed E-state index contributed by atoms with van der Waals surface area (Å²) in [4.78, 5) is 9.09. The standard InChI is InChI=1S/C15H24N4O2/c20-7-6-16-15-18-13(11-5-8-21-10-11)9-14(19-15)17-12-3-1-2-4-12/h9,11-12,20H,1-8,10H2,(H2,16,17,18,19). The first-order chi connectivity index (χ1) is 10.3. The van der Waals surface area contributed by atoms with Crippen molar-refractivity contribution in [2.45, 2.75) is 44.1 Å². The van der Waals surface area contributed by atoms with Crippen molar-refractivity contribution < 1.29 is 9.84 Å². The van der Waals surface area contributed by atoms with Crippen LogP contribution in [0.4, 0.5) is 11.8 Å². The molecule has 1 aliphatic heterocycles. The predicted molar refractivity (Wildman–Crippen MR) is 81.7 cm³/mol. The number of nitrogens with one attached hydrogen (secondary N) is 2. The Morgan fingerprint density at radius 1 is 1.24 bits per heavy atom. The van der Waals surface area contributed by atoms with Crippen LogP contribution in [0.3, 0.4) is 0 Å². The Kier molecular flexibility index (Phi) is 4.87. The van der Waals surface area contributed by atoms with Gasteiger partial charge < -0.3 is 20.5 Å². The molecular formula is C15H24N4O2. The first kappa shape index (κ1) is 14.5. The molecule has 0 aromatic carbocycles. The van der Waals surface area contributed by atoms with Crippen LogP contribution in [0.2, 0.25) is 0 Å². The maximum atomic E-state index is 8.95. The fourth-order valence-electron chi connectivity index (χ4n) is 3.04. The normalized spacial score (nSPS) is 22.6. The molecule has 3 rings (SSSR count). The summed E-state index contributed by atoms with van der Waals surface area (Å²) in [6.07, 6.45) is 6.03. The van der Waals surface area contributed by atoms with Gasteiger partial charge in [0.1, 0.15) is 5.82 Å². The summed E-state index contributed by atoms with van der Waals surface area (Å²) in [7, 11) is 0. The Balaban J connectivity index is 1.77. The van der Waals surface area contributed by atoms with Crippen molar-refractivity contribution in [2.24, 2.45) is 0 Å². The van der Waals surface area contributed by atoms with E-state index in [9.17, 15) is 0 Å². The van der Waals surface area contributed by atoms with Crippen LogP contribution in [-0.2, 0) is 4.74 Å². The first-order valence-corrected chi connectivity index (χ1v) is 7.93. The summed E-state index contributed by atoms with van der Waals surface area (Å²) in [6.45, 7) is 2.08. The van der Waals surface area contributed by atoms with Crippen molar-refractivity contribution in [3.05, 3.63) is 11.8 Å². The molecule has 1 atom stereocenters. The van der Waals surface area contributed by atoms with Crippen LogP contribution >= 0.6 is 0 Å². The number of anilines is 2. The van der Waals surface area contributed by atoms with Gasteiger partial charge >= 0.3 is 0 Å². The lowest BCUT2D eigenvalue weighted by Crippen LogP contribution is -2.18. The van der Waals surface area contributed by atoms with Gasteiger partial charge in [0.2, 0.25) is 5.95 Å². The second-order valence-electron chi connectivity index (χ2n) is 5.84. The van der Waals surface area contributed by atoms with Gasteiger partial charge in [0.05, 0.1) is 18.9 Å². The lowest BCUT2D eigenvalue weighted by molar-refractivity contribution is 0.193. The zero-order valence-electron chi connectivity index (χ0n) is 12.3. The van der Waals surface area contributed by atoms with E-state index < -0.39 is 0 Å². The third-order valence-electron chi connectivity index (χ3n) is 4.20. The Labute approximate surface area is 125 Å². The Hall–Kier alpha value is -1.40. The van der Waals surface area contributed by atoms with Gasteiger partial charge in [0, 0.05) is 31.2 Å². The summed E-state index contributed by atoms with van der Waals surface area (Å²) < 4.78 is 5.46. The summed E-state index contributed by atoms with van der Waals surface area (Å²) >= 11 is 0. The van der Waals surface area contributed by atoms with Gasteiger partial charge in [-0.25, -0.2) is 4.98 Å². The molecule has 1 unspecified atom stereocenters. The number of ether oxygens (including phenoxy) is 1. The lowest BCUT2D eigenvalue weighted by atomic mass is 10.0. The van der Waals surface area contributed by atoms with Crippen molar-refractivity contribution in [2.75, 3.05) is 37.0 Å². The molecule has 6 nitrogen and oxygen atoms in total. The molecular weight excluding hydrogens is 268 g/mol. The highest BCUT2D eigenvalue weighted by Gasteiger charge is 2.22. The Morgan fingerprint density at radius 2 is 2.10 bits per heavy atom. The molecule has 1 aromatic heterocycles. The van der Waals surface area contributed by atoms with E-state index >= 15 is 0 Å². The lowest BCUT2D eigenvalue weighted by Gasteiger charge is -2.16. The molecule has 1 aromatic rings. The molecule has 0 amide bonds. The van der Waals surface area contributed by atoms with E-state index in [1.54, 1.807) is 0 Å². The Morgan fingerprint density at radius 3 is 2.81 bits per heavy atom. The third-order valence-corrected chi connectivity index (χ3v) is 4.20. The number of aromatic nitrogens is 2. The summed E-state index contributed by atoms with van der Waals surface area (Å²) in [5.41, 5.74) is 1.03. The largest absolute Gasteiger partial charge is 0.395 e. The highest BCUT2D eigenvalue weighted by Crippen LogP contribution is 2.27. The van der Waals surface area contributed by atoms with Crippen molar-refractivity contribution in [1.82, 2.24) is 9.97 Å². The number of nitrogens with zero attached hydrogens (tertiary/aromatic N) is 2. The zero-order valence-corrected chi connectivity index (χ0v) is 12.3. The Bertz CT molecular complexity index is 457. The molecule has 116 valence electrons. The van der Waals surface area contributed by atoms with Crippen molar-refractivity contribution in [3.63, 3.8) is 0 Å². The quantitative estimate of drug-likeness (QED) is 0.741. The average Bonchev–Trinajstić information content (AvgIpc) is 3.18. The van der Waals surface area contributed by atoms with Crippen LogP contribution in [0.1, 0.15) is 43.7 Å². The molecule has 0 radical (unpaired) electrons. The predicted octanol–water partition coefficient (Wildman–Crippen LogP) is 1.74. The second-order valence-corrected chi connectivity index (χ2v) is 5.84. The molecule has 6 heteroatoms. The van der Waals surface area contributed by atoms with Crippen molar-refractivity contribution >= 4 is 11.8 Å². The van der Waals surface area contributed by atoms with E-state index in [1.807, 2.05) is 0 Å². The third kappa shape index (κ3) is 3.83. The van der Waals surface area contributed by atoms with E-state index in [1.165, 1.54) is 25.7 Å². The number of aliphatic hydroxyl groups excluding tert-OH is 1. The molecule has 21 heavy (non-hydrogen) atoms. The monoisotopic (exact) mass is 292 g/mol. The van der Waals surface area contributed by atoms with Crippen LogP contribution in [0, 0.1) is 0 Å². The highest BCUT2D eigenvalue weighted by atomic mass is 16.5. The van der Waals surface area contributed by atoms with Gasteiger partial charge in [-0.1, -0.05) is 12.8 Å². The molecule has 2 aliphatic rings. The molecule has 2 heterocycles. The number of rotatable bonds is 6. The minimum absolute atomic E-state index is 0.0749. The number of hydrogen-bond donors (Lipinski definition) is 3. The molecule has 1 aliphatic carbocycles. The van der Waals surface area contributed by atoms with Gasteiger partial charge in [-0.05, 0) is 19.3 Å². The topological polar surface area (TPSA) is 79.3 Å². The van der Waals surface area contributed by atoms with Gasteiger partial charge in [0.25, 0.3) is 0 Å². The smallest absolute Gasteiger partial charge is 0.224 e. The van der Waals surface area contributed by atoms with E-state index in [4.69, 9.17) is 9.84 Å². The number of aliphatic hydroxyl groups is 1. The first-order valence-electron chi connectivity index (χ1n) is 7.93. The molecule has 0 spiro atoms. The van der Waals surface area contributed by atoms with Crippen LogP contribution in [0.5, 0.6) is 0 Å². The second kappa shape index (κ2) is 7.04. The van der Waals surface area contributed by atoms with E-state index in [0.29, 0.717) is 24.5 Å². The van der Waals surface area contributed by atoms with Gasteiger partial charge in [0.15, 0.2) is 0 Å². The average molecular weight is 292 g/mol. The summed E-state index contributed by atoms with van der Waals surface area (Å²) in [6, 6.07) is 2.58. The SMILES string of the molecule is OCCNc1nc(NC2CCCC2)cc(C2CCOC2)n1. The van der Waals surface area contributed by atoms with Crippen LogP contribution in [0.25, 0.3) is 0 Å². The maximum Gasteiger partial charge on any atom is 0.224 e. The summed E-state index contributed by atoms with van der Waals surface area (Å²) in [5, 5.41) is 15.6. The molecule has 1 saturated carbocycles.